The van der Waals surface area contributed by atoms with Crippen molar-refractivity contribution < 1.29 is 31.4 Å². The Morgan fingerprint density at radius 2 is 1.25 bits per heavy atom. The minimum Gasteiger partial charge on any atom is -0.396 e. The van der Waals surface area contributed by atoms with Gasteiger partial charge in [-0.05, 0) is 24.6 Å². The third kappa shape index (κ3) is 627. The van der Waals surface area contributed by atoms with Crippen LogP contribution >= 0.6 is 0 Å². The van der Waals surface area contributed by atoms with Crippen LogP contribution < -0.4 is 27.9 Å². The van der Waals surface area contributed by atoms with E-state index in [-0.39, 0.29) is 0 Å². The average Bonchev–Trinajstić information content (AvgIpc) is 1.25. The lowest BCUT2D eigenvalue weighted by Gasteiger charge is -1.90. The lowest BCUT2D eigenvalue weighted by Crippen LogP contribution is -3.98. The Morgan fingerprint density at radius 3 is 1.25 bits per heavy atom. The van der Waals surface area contributed by atoms with Gasteiger partial charge < -0.3 is 11.8 Å². The highest BCUT2D eigenvalue weighted by molar-refractivity contribution is 4.09. The molecule has 0 radical (unpaired) electrons. The molecule has 8 heavy (non-hydrogen) atoms. The molecule has 0 saturated carbocycles. The third-order valence-electron chi connectivity index (χ3n) is 0. The summed E-state index contributed by atoms with van der Waals surface area (Å²) >= 11 is -3.76. The van der Waals surface area contributed by atoms with Crippen LogP contribution in [0, 0.1) is 0 Å². The molecule has 0 bridgehead atoms. The van der Waals surface area contributed by atoms with E-state index in [4.69, 9.17) is 10.3 Å². The monoisotopic (exact) mass is 235 g/mol. The number of nitrogens with zero attached hydrogens (tertiary/aromatic N) is 1. The van der Waals surface area contributed by atoms with Crippen molar-refractivity contribution in [2.45, 2.75) is 0 Å². The Balaban J connectivity index is 0. The standard InChI is InChI=1S/C3H9N.HIO3/c1-4(2)3;2-1(3)4/h1-3H3;2H. The van der Waals surface area contributed by atoms with Crippen LogP contribution in [0.1, 0.15) is 0 Å². The second-order valence-corrected chi connectivity index (χ2v) is 2.69. The molecule has 0 aromatic rings. The van der Waals surface area contributed by atoms with Crippen LogP contribution in [0.4, 0.5) is 0 Å². The number of hydrogen-bond donors (Lipinski definition) is 1. The zero-order valence-corrected chi connectivity index (χ0v) is 7.25. The zero-order chi connectivity index (χ0) is 7.15. The van der Waals surface area contributed by atoms with Crippen molar-refractivity contribution >= 4 is 0 Å². The topological polar surface area (TPSA) is 69.6 Å². The van der Waals surface area contributed by atoms with Gasteiger partial charge in [-0.15, -0.1) is 0 Å². The summed E-state index contributed by atoms with van der Waals surface area (Å²) in [5, 5.41) is 0. The smallest absolute Gasteiger partial charge is 0.396 e. The molecule has 0 aliphatic heterocycles. The molecule has 4 nitrogen and oxygen atoms in total. The SMILES string of the molecule is CN(C)C.[O-][I+2]([O-])O. The van der Waals surface area contributed by atoms with E-state index in [1.807, 2.05) is 26.0 Å². The van der Waals surface area contributed by atoms with Gasteiger partial charge in [-0.1, -0.05) is 0 Å². The zero-order valence-electron chi connectivity index (χ0n) is 5.09. The molecule has 0 rings (SSSR count). The molecule has 0 fully saturated rings. The molecule has 5 heteroatoms. The molecule has 1 N–H and O–H groups in total. The molecule has 0 aliphatic carbocycles. The first-order valence-electron chi connectivity index (χ1n) is 1.82. The normalized spacial score (nSPS) is 9.00. The molecule has 0 unspecified atom stereocenters. The first-order chi connectivity index (χ1) is 3.46. The van der Waals surface area contributed by atoms with Crippen molar-refractivity contribution in [2.75, 3.05) is 21.1 Å². The van der Waals surface area contributed by atoms with Gasteiger partial charge in [-0.25, -0.2) is 0 Å². The van der Waals surface area contributed by atoms with Gasteiger partial charge in [-0.3, -0.25) is 0 Å². The Hall–Kier alpha value is 0.570. The van der Waals surface area contributed by atoms with E-state index in [0.717, 1.165) is 0 Å². The molecule has 0 atom stereocenters. The highest BCUT2D eigenvalue weighted by Gasteiger charge is 1.89. The molecule has 0 amide bonds. The Bertz CT molecular complexity index is 30.0. The fourth-order valence-electron chi connectivity index (χ4n) is 0. The third-order valence-corrected chi connectivity index (χ3v) is 0. The molecular formula is C3H10INO3. The second-order valence-electron chi connectivity index (χ2n) is 1.54. The molecule has 0 saturated heterocycles. The average molecular weight is 235 g/mol. The van der Waals surface area contributed by atoms with Crippen LogP contribution in [0.2, 0.25) is 0 Å². The van der Waals surface area contributed by atoms with E-state index in [1.54, 1.807) is 0 Å². The van der Waals surface area contributed by atoms with Crippen LogP contribution in [0.5, 0.6) is 0 Å². The predicted octanol–water partition coefficient (Wildman–Crippen LogP) is -5.75. The van der Waals surface area contributed by atoms with Crippen molar-refractivity contribution in [3.63, 3.8) is 0 Å². The number of halogens is 1. The minimum absolute atomic E-state index is 2.00. The highest BCUT2D eigenvalue weighted by Crippen LogP contribution is 1.47. The summed E-state index contributed by atoms with van der Waals surface area (Å²) < 4.78 is 24.5. The van der Waals surface area contributed by atoms with Crippen LogP contribution in [-0.4, -0.2) is 29.5 Å². The molecule has 0 aliphatic rings. The summed E-state index contributed by atoms with van der Waals surface area (Å²) in [6.45, 7) is 0. The maximum Gasteiger partial charge on any atom is 0.503 e. The predicted molar refractivity (Wildman–Crippen MR) is 21.8 cm³/mol. The van der Waals surface area contributed by atoms with Gasteiger partial charge in [0.1, 0.15) is 0 Å². The van der Waals surface area contributed by atoms with Crippen LogP contribution in [0.15, 0.2) is 0 Å². The van der Waals surface area contributed by atoms with Crippen LogP contribution in [-0.2, 0) is 0 Å². The highest BCUT2D eigenvalue weighted by atomic mass is 127. The molecule has 0 aromatic carbocycles. The van der Waals surface area contributed by atoms with Crippen molar-refractivity contribution in [3.8, 4) is 0 Å². The van der Waals surface area contributed by atoms with Crippen molar-refractivity contribution in [2.24, 2.45) is 0 Å². The van der Waals surface area contributed by atoms with E-state index in [0.29, 0.717) is 0 Å². The lowest BCUT2D eigenvalue weighted by atomic mass is 11.0. The van der Waals surface area contributed by atoms with Gasteiger partial charge >= 0.3 is 21.1 Å². The van der Waals surface area contributed by atoms with Crippen molar-refractivity contribution in [3.05, 3.63) is 0 Å². The van der Waals surface area contributed by atoms with Gasteiger partial charge in [-0.2, -0.15) is 0 Å². The summed E-state index contributed by atoms with van der Waals surface area (Å²) in [5.41, 5.74) is 0. The number of hydrogen-bond acceptors (Lipinski definition) is 4. The van der Waals surface area contributed by atoms with Gasteiger partial charge in [0.05, 0.1) is 0 Å². The first kappa shape index (κ1) is 11.4. The quantitative estimate of drug-likeness (QED) is 0.425. The van der Waals surface area contributed by atoms with E-state index in [2.05, 4.69) is 0 Å². The fraction of sp³-hybridized carbons (Fsp3) is 1.00. The minimum atomic E-state index is -3.76. The largest absolute Gasteiger partial charge is 0.503 e. The van der Waals surface area contributed by atoms with E-state index in [1.165, 1.54) is 0 Å². The summed E-state index contributed by atoms with van der Waals surface area (Å²) in [6, 6.07) is 0. The van der Waals surface area contributed by atoms with Crippen LogP contribution in [0.3, 0.4) is 0 Å². The van der Waals surface area contributed by atoms with E-state index < -0.39 is 21.1 Å². The molecule has 0 heterocycles. The summed E-state index contributed by atoms with van der Waals surface area (Å²) in [7, 11) is 6.00. The van der Waals surface area contributed by atoms with Crippen LogP contribution in [0.25, 0.3) is 0 Å². The molecule has 0 spiro atoms. The van der Waals surface area contributed by atoms with Gasteiger partial charge in [0.2, 0.25) is 0 Å². The van der Waals surface area contributed by atoms with Gasteiger partial charge in [0.25, 0.3) is 0 Å². The molecule has 52 valence electrons. The van der Waals surface area contributed by atoms with Gasteiger partial charge in [0, 0.05) is 0 Å². The maximum absolute atomic E-state index is 8.68. The molecular weight excluding hydrogens is 225 g/mol. The Kier molecular flexibility index (Phi) is 10.8. The van der Waals surface area contributed by atoms with E-state index in [9.17, 15) is 0 Å². The summed E-state index contributed by atoms with van der Waals surface area (Å²) in [5.74, 6) is 0. The summed E-state index contributed by atoms with van der Waals surface area (Å²) in [6.07, 6.45) is 0. The summed E-state index contributed by atoms with van der Waals surface area (Å²) in [4.78, 5) is 2.00. The molecule has 0 aromatic heterocycles. The first-order valence-corrected chi connectivity index (χ1v) is 4.55. The number of rotatable bonds is 0. The second kappa shape index (κ2) is 7.57. The Morgan fingerprint density at radius 1 is 1.25 bits per heavy atom. The van der Waals surface area contributed by atoms with Crippen molar-refractivity contribution in [1.29, 1.82) is 0 Å². The Labute approximate surface area is 57.8 Å². The fourth-order valence-corrected chi connectivity index (χ4v) is 0. The van der Waals surface area contributed by atoms with Crippen molar-refractivity contribution in [1.82, 2.24) is 4.90 Å². The van der Waals surface area contributed by atoms with Gasteiger partial charge in [0.15, 0.2) is 0 Å². The van der Waals surface area contributed by atoms with E-state index >= 15 is 0 Å². The lowest BCUT2D eigenvalue weighted by molar-refractivity contribution is -1.63. The maximum atomic E-state index is 8.68.